The lowest BCUT2D eigenvalue weighted by molar-refractivity contribution is -0.181. The Morgan fingerprint density at radius 2 is 1.71 bits per heavy atom. The number of ether oxygens (including phenoxy) is 1. The largest absolute Gasteiger partial charge is 0.507 e. The number of methoxy groups -OCH3 is 1. The molecule has 5 rings (SSSR count). The number of nitrogens with two attached hydrogens (primary N) is 2. The Morgan fingerprint density at radius 1 is 1.02 bits per heavy atom. The minimum atomic E-state index is -2.80. The molecule has 2 aromatic carbocycles. The molecule has 6 N–H and O–H groups in total. The van der Waals surface area contributed by atoms with Gasteiger partial charge in [-0.1, -0.05) is 6.07 Å². The maximum atomic E-state index is 13.9. The quantitative estimate of drug-likeness (QED) is 0.347. The fraction of sp³-hybridized carbons (Fsp3) is 0.379. The van der Waals surface area contributed by atoms with Gasteiger partial charge in [0.2, 0.25) is 11.8 Å². The highest BCUT2D eigenvalue weighted by Gasteiger charge is 2.69. The van der Waals surface area contributed by atoms with Crippen LogP contribution < -0.4 is 16.2 Å². The first kappa shape index (κ1) is 28.1. The van der Waals surface area contributed by atoms with Crippen LogP contribution in [0.5, 0.6) is 11.5 Å². The predicted octanol–water partition coefficient (Wildman–Crippen LogP) is -0.358. The zero-order valence-corrected chi connectivity index (χ0v) is 22.5. The van der Waals surface area contributed by atoms with E-state index in [-0.39, 0.29) is 24.0 Å². The number of Topliss-reactive ketones (excluding diaryl/α,β-unsaturated/α-hetero) is 4. The van der Waals surface area contributed by atoms with E-state index in [1.807, 2.05) is 0 Å². The number of hydrogen-bond acceptors (Lipinski definition) is 10. The van der Waals surface area contributed by atoms with Crippen molar-refractivity contribution in [1.29, 1.82) is 0 Å². The topological polar surface area (TPSA) is 207 Å². The Balaban J connectivity index is 1.68. The van der Waals surface area contributed by atoms with Crippen LogP contribution in [0.3, 0.4) is 0 Å². The standard InChI is InChI=1S/C29H29N3O9/c1-32(2)22-16-10-12-9-15-13(14-8-11(27(30)38)4-7-18(14)41-3)5-6-17(33)20(15)23(34)19(12)25(36)29(16,40)26(37)21(24(22)35)28(31)39/h4-8,12,16,19,21-22,33,40H,9-10H2,1-3H3,(H2,30,38)(H2,31,39)/t12-,16-,19?,21?,22-,29-/m0/s1. The lowest BCUT2D eigenvalue weighted by Gasteiger charge is -2.52. The van der Waals surface area contributed by atoms with Gasteiger partial charge in [0.05, 0.1) is 24.6 Å². The summed E-state index contributed by atoms with van der Waals surface area (Å²) in [4.78, 5) is 80.0. The van der Waals surface area contributed by atoms with Crippen molar-refractivity contribution in [2.75, 3.05) is 21.2 Å². The first-order chi connectivity index (χ1) is 19.2. The summed E-state index contributed by atoms with van der Waals surface area (Å²) >= 11 is 0. The van der Waals surface area contributed by atoms with E-state index >= 15 is 0 Å². The van der Waals surface area contributed by atoms with Gasteiger partial charge in [0.1, 0.15) is 11.5 Å². The van der Waals surface area contributed by atoms with Crippen molar-refractivity contribution < 1.29 is 43.7 Å². The van der Waals surface area contributed by atoms with Crippen LogP contribution in [0.1, 0.15) is 32.7 Å². The number of phenolic OH excluding ortho intramolecular Hbond substituents is 1. The third-order valence-electron chi connectivity index (χ3n) is 8.72. The molecule has 3 aliphatic rings. The number of carbonyl (C=O) groups is 6. The van der Waals surface area contributed by atoms with E-state index in [0.29, 0.717) is 22.4 Å². The smallest absolute Gasteiger partial charge is 0.248 e. The van der Waals surface area contributed by atoms with Gasteiger partial charge in [-0.2, -0.15) is 0 Å². The third-order valence-corrected chi connectivity index (χ3v) is 8.72. The Bertz CT molecular complexity index is 1560. The lowest BCUT2D eigenvalue weighted by Crippen LogP contribution is -2.74. The second kappa shape index (κ2) is 9.60. The van der Waals surface area contributed by atoms with Crippen LogP contribution in [0.2, 0.25) is 0 Å². The summed E-state index contributed by atoms with van der Waals surface area (Å²) in [7, 11) is 4.46. The Hall–Kier alpha value is -4.42. The average molecular weight is 564 g/mol. The van der Waals surface area contributed by atoms with Crippen LogP contribution >= 0.6 is 0 Å². The molecule has 0 saturated heterocycles. The fourth-order valence-corrected chi connectivity index (χ4v) is 6.93. The molecule has 2 fully saturated rings. The average Bonchev–Trinajstić information content (AvgIpc) is 2.90. The highest BCUT2D eigenvalue weighted by molar-refractivity contribution is 6.32. The summed E-state index contributed by atoms with van der Waals surface area (Å²) in [6.07, 6.45) is -0.0308. The van der Waals surface area contributed by atoms with E-state index in [4.69, 9.17) is 16.2 Å². The molecule has 0 aromatic heterocycles. The maximum absolute atomic E-state index is 13.9. The molecule has 214 valence electrons. The minimum absolute atomic E-state index is 0.0551. The number of rotatable bonds is 5. The van der Waals surface area contributed by atoms with Crippen molar-refractivity contribution in [3.05, 3.63) is 47.0 Å². The van der Waals surface area contributed by atoms with Crippen molar-refractivity contribution in [3.8, 4) is 22.6 Å². The van der Waals surface area contributed by atoms with Gasteiger partial charge in [0.15, 0.2) is 34.7 Å². The number of hydrogen-bond donors (Lipinski definition) is 4. The van der Waals surface area contributed by atoms with Gasteiger partial charge in [-0.15, -0.1) is 0 Å². The Kier molecular flexibility index (Phi) is 6.58. The lowest BCUT2D eigenvalue weighted by atomic mass is 9.52. The number of ketones is 4. The van der Waals surface area contributed by atoms with Crippen molar-refractivity contribution in [1.82, 2.24) is 4.90 Å². The Morgan fingerprint density at radius 3 is 2.29 bits per heavy atom. The molecular formula is C29H29N3O9. The van der Waals surface area contributed by atoms with Crippen molar-refractivity contribution >= 4 is 34.9 Å². The predicted molar refractivity (Wildman–Crippen MR) is 142 cm³/mol. The van der Waals surface area contributed by atoms with Crippen LogP contribution in [-0.2, 0) is 25.6 Å². The van der Waals surface area contributed by atoms with E-state index in [2.05, 4.69) is 0 Å². The van der Waals surface area contributed by atoms with Gasteiger partial charge < -0.3 is 26.4 Å². The second-order valence-electron chi connectivity index (χ2n) is 11.1. The highest BCUT2D eigenvalue weighted by Crippen LogP contribution is 2.52. The number of carbonyl (C=O) groups excluding carboxylic acids is 6. The molecule has 41 heavy (non-hydrogen) atoms. The molecule has 6 atom stereocenters. The molecule has 0 heterocycles. The second-order valence-corrected chi connectivity index (χ2v) is 11.1. The van der Waals surface area contributed by atoms with E-state index in [1.165, 1.54) is 44.3 Å². The fourth-order valence-electron chi connectivity index (χ4n) is 6.93. The van der Waals surface area contributed by atoms with E-state index in [1.54, 1.807) is 12.1 Å². The highest BCUT2D eigenvalue weighted by atomic mass is 16.5. The van der Waals surface area contributed by atoms with Crippen molar-refractivity contribution in [2.45, 2.75) is 24.5 Å². The van der Waals surface area contributed by atoms with Crippen LogP contribution in [0.25, 0.3) is 11.1 Å². The molecule has 0 bridgehead atoms. The molecule has 2 unspecified atom stereocenters. The zero-order valence-electron chi connectivity index (χ0n) is 22.5. The minimum Gasteiger partial charge on any atom is -0.507 e. The van der Waals surface area contributed by atoms with Gasteiger partial charge in [0.25, 0.3) is 0 Å². The Labute approximate surface area is 234 Å². The van der Waals surface area contributed by atoms with Crippen LogP contribution in [-0.4, -0.2) is 82.9 Å². The first-order valence-corrected chi connectivity index (χ1v) is 12.9. The number of nitrogens with zero attached hydrogens (tertiary/aromatic N) is 1. The number of fused-ring (bicyclic) bond motifs is 3. The number of benzene rings is 2. The maximum Gasteiger partial charge on any atom is 0.248 e. The number of primary amides is 2. The molecule has 0 spiro atoms. The molecule has 0 aliphatic heterocycles. The summed E-state index contributed by atoms with van der Waals surface area (Å²) in [6.45, 7) is 0. The monoisotopic (exact) mass is 563 g/mol. The molecule has 12 heteroatoms. The number of aromatic hydroxyl groups is 1. The summed E-state index contributed by atoms with van der Waals surface area (Å²) < 4.78 is 5.48. The normalized spacial score (nSPS) is 29.0. The van der Waals surface area contributed by atoms with Gasteiger partial charge in [0, 0.05) is 17.0 Å². The first-order valence-electron chi connectivity index (χ1n) is 12.9. The molecule has 12 nitrogen and oxygen atoms in total. The SMILES string of the molecule is COc1ccc(C(N)=O)cc1-c1ccc(O)c2c1C[C@H]1C[C@H]3[C@H](N(C)C)C(=O)C(C(N)=O)C(=O)[C@@]3(O)C(=O)C1C2=O. The van der Waals surface area contributed by atoms with Gasteiger partial charge >= 0.3 is 0 Å². The molecule has 0 radical (unpaired) electrons. The van der Waals surface area contributed by atoms with E-state index < -0.39 is 76.0 Å². The molecule has 2 aromatic rings. The molecule has 2 amide bonds. The number of likely N-dealkylation sites (N-methyl/N-ethyl adjacent to an activating group) is 1. The summed E-state index contributed by atoms with van der Waals surface area (Å²) in [6, 6.07) is 6.15. The van der Waals surface area contributed by atoms with Crippen LogP contribution in [0, 0.1) is 23.7 Å². The van der Waals surface area contributed by atoms with E-state index in [0.717, 1.165) is 0 Å². The summed E-state index contributed by atoms with van der Waals surface area (Å²) in [5, 5.41) is 22.5. The summed E-state index contributed by atoms with van der Waals surface area (Å²) in [5.74, 6) is -11.7. The number of phenols is 1. The zero-order chi connectivity index (χ0) is 30.1. The van der Waals surface area contributed by atoms with Crippen molar-refractivity contribution in [2.24, 2.45) is 35.1 Å². The number of aliphatic hydroxyl groups is 1. The van der Waals surface area contributed by atoms with Crippen molar-refractivity contribution in [3.63, 3.8) is 0 Å². The summed E-state index contributed by atoms with van der Waals surface area (Å²) in [5.41, 5.74) is 9.28. The van der Waals surface area contributed by atoms with Gasteiger partial charge in [-0.05, 0) is 68.2 Å². The van der Waals surface area contributed by atoms with Crippen LogP contribution in [0.4, 0.5) is 0 Å². The third kappa shape index (κ3) is 3.89. The van der Waals surface area contributed by atoms with E-state index in [9.17, 15) is 39.0 Å². The molecular weight excluding hydrogens is 534 g/mol. The van der Waals surface area contributed by atoms with Gasteiger partial charge in [-0.25, -0.2) is 0 Å². The van der Waals surface area contributed by atoms with Crippen LogP contribution in [0.15, 0.2) is 30.3 Å². The molecule has 3 aliphatic carbocycles. The molecule has 2 saturated carbocycles. The van der Waals surface area contributed by atoms with Gasteiger partial charge in [-0.3, -0.25) is 33.7 Å². The number of amides is 2.